The molecule has 1 aliphatic heterocycles. The largest absolute Gasteiger partial charge is 0.444 e. The molecule has 0 aliphatic carbocycles. The molecule has 0 bridgehead atoms. The second kappa shape index (κ2) is 9.25. The van der Waals surface area contributed by atoms with Crippen molar-refractivity contribution in [3.05, 3.63) is 45.6 Å². The molecule has 2 unspecified atom stereocenters. The van der Waals surface area contributed by atoms with E-state index < -0.39 is 18.6 Å². The van der Waals surface area contributed by atoms with Crippen LogP contribution in [0.4, 0.5) is 16.2 Å². The van der Waals surface area contributed by atoms with Gasteiger partial charge in [0, 0.05) is 23.8 Å². The maximum absolute atomic E-state index is 12.3. The molecule has 2 aromatic rings. The molecule has 0 saturated carbocycles. The Bertz CT molecular complexity index is 902. The lowest BCUT2D eigenvalue weighted by atomic mass is 10.0. The molecule has 1 aromatic heterocycles. The fraction of sp³-hybridized carbons (Fsp3) is 0.316. The predicted octanol–water partition coefficient (Wildman–Crippen LogP) is 2.72. The van der Waals surface area contributed by atoms with E-state index in [1.807, 2.05) is 6.92 Å². The van der Waals surface area contributed by atoms with Gasteiger partial charge >= 0.3 is 6.09 Å². The second-order valence-electron chi connectivity index (χ2n) is 6.58. The maximum atomic E-state index is 12.3. The zero-order valence-electron chi connectivity index (χ0n) is 15.6. The minimum atomic E-state index is -0.601. The first-order valence-corrected chi connectivity index (χ1v) is 10.1. The van der Waals surface area contributed by atoms with Crippen LogP contribution in [0, 0.1) is 5.92 Å². The van der Waals surface area contributed by atoms with Gasteiger partial charge in [-0.05, 0) is 36.4 Å². The molecule has 1 aromatic carbocycles. The zero-order valence-corrected chi connectivity index (χ0v) is 17.1. The molecule has 2 heterocycles. The minimum Gasteiger partial charge on any atom is -0.444 e. The first-order valence-electron chi connectivity index (χ1n) is 8.90. The Morgan fingerprint density at radius 3 is 2.66 bits per heavy atom. The molecule has 29 heavy (non-hydrogen) atoms. The van der Waals surface area contributed by atoms with Crippen LogP contribution < -0.4 is 15.5 Å². The molecule has 1 aliphatic rings. The highest BCUT2D eigenvalue weighted by Crippen LogP contribution is 2.26. The first kappa shape index (κ1) is 21.1. The van der Waals surface area contributed by atoms with Gasteiger partial charge in [-0.15, -0.1) is 11.3 Å². The highest BCUT2D eigenvalue weighted by molar-refractivity contribution is 7.17. The van der Waals surface area contributed by atoms with E-state index in [2.05, 4.69) is 10.6 Å². The van der Waals surface area contributed by atoms with Crippen molar-refractivity contribution in [3.63, 3.8) is 0 Å². The number of aliphatic hydroxyl groups is 1. The molecule has 3 amide bonds. The number of amides is 3. The Kier molecular flexibility index (Phi) is 6.73. The summed E-state index contributed by atoms with van der Waals surface area (Å²) in [6.07, 6.45) is -0.839. The van der Waals surface area contributed by atoms with E-state index in [9.17, 15) is 14.4 Å². The SMILES string of the molecule is CC(CNC(=O)c1ccc(Cl)s1)C1CN(c2ccc(NC(=O)CO)cc2)C(=O)O1. The number of carbonyl (C=O) groups excluding carboxylic acids is 3. The summed E-state index contributed by atoms with van der Waals surface area (Å²) < 4.78 is 6.01. The Morgan fingerprint density at radius 2 is 2.03 bits per heavy atom. The summed E-state index contributed by atoms with van der Waals surface area (Å²) in [6.45, 7) is 2.00. The predicted molar refractivity (Wildman–Crippen MR) is 111 cm³/mol. The minimum absolute atomic E-state index is 0.0913. The number of benzene rings is 1. The summed E-state index contributed by atoms with van der Waals surface area (Å²) in [7, 11) is 0. The van der Waals surface area contributed by atoms with Crippen LogP contribution in [0.2, 0.25) is 4.34 Å². The van der Waals surface area contributed by atoms with Gasteiger partial charge in [0.1, 0.15) is 12.7 Å². The second-order valence-corrected chi connectivity index (χ2v) is 8.29. The lowest BCUT2D eigenvalue weighted by Crippen LogP contribution is -2.35. The number of rotatable bonds is 7. The lowest BCUT2D eigenvalue weighted by Gasteiger charge is -2.18. The zero-order chi connectivity index (χ0) is 21.0. The molecule has 0 spiro atoms. The van der Waals surface area contributed by atoms with Crippen LogP contribution in [-0.2, 0) is 9.53 Å². The average molecular weight is 438 g/mol. The van der Waals surface area contributed by atoms with E-state index in [-0.39, 0.29) is 17.9 Å². The van der Waals surface area contributed by atoms with Crippen molar-refractivity contribution < 1.29 is 24.2 Å². The van der Waals surface area contributed by atoms with Crippen LogP contribution in [0.3, 0.4) is 0 Å². The highest BCUT2D eigenvalue weighted by atomic mass is 35.5. The van der Waals surface area contributed by atoms with Crippen molar-refractivity contribution in [2.45, 2.75) is 13.0 Å². The maximum Gasteiger partial charge on any atom is 0.414 e. The number of halogens is 1. The summed E-state index contributed by atoms with van der Waals surface area (Å²) in [5.74, 6) is -0.819. The van der Waals surface area contributed by atoms with E-state index in [0.717, 1.165) is 0 Å². The Morgan fingerprint density at radius 1 is 1.31 bits per heavy atom. The standard InChI is InChI=1S/C19H20ClN3O5S/c1-11(8-21-18(26)15-6-7-16(20)29-15)14-9-23(19(27)28-14)13-4-2-12(3-5-13)22-17(25)10-24/h2-7,11,14,24H,8-10H2,1H3,(H,21,26)(H,22,25). The molecule has 3 N–H and O–H groups in total. The number of nitrogens with one attached hydrogen (secondary N) is 2. The average Bonchev–Trinajstić information content (AvgIpc) is 3.32. The van der Waals surface area contributed by atoms with E-state index in [0.29, 0.717) is 33.7 Å². The number of thiophene rings is 1. The van der Waals surface area contributed by atoms with Crippen molar-refractivity contribution in [2.75, 3.05) is 29.9 Å². The molecule has 1 saturated heterocycles. The summed E-state index contributed by atoms with van der Waals surface area (Å²) in [5.41, 5.74) is 1.14. The number of aliphatic hydroxyl groups excluding tert-OH is 1. The van der Waals surface area contributed by atoms with E-state index in [4.69, 9.17) is 21.4 Å². The summed E-state index contributed by atoms with van der Waals surface area (Å²) in [4.78, 5) is 37.6. The molecule has 10 heteroatoms. The number of anilines is 2. The van der Waals surface area contributed by atoms with Gasteiger partial charge in [0.25, 0.3) is 5.91 Å². The van der Waals surface area contributed by atoms with E-state index in [1.54, 1.807) is 36.4 Å². The number of carbonyl (C=O) groups is 3. The molecular weight excluding hydrogens is 418 g/mol. The topological polar surface area (TPSA) is 108 Å². The molecule has 1 fully saturated rings. The monoisotopic (exact) mass is 437 g/mol. The van der Waals surface area contributed by atoms with Crippen molar-refractivity contribution in [1.82, 2.24) is 5.32 Å². The van der Waals surface area contributed by atoms with Gasteiger partial charge in [0.15, 0.2) is 0 Å². The summed E-state index contributed by atoms with van der Waals surface area (Å²) >= 11 is 7.05. The fourth-order valence-electron chi connectivity index (χ4n) is 2.83. The van der Waals surface area contributed by atoms with Crippen LogP contribution in [-0.4, -0.2) is 48.8 Å². The highest BCUT2D eigenvalue weighted by Gasteiger charge is 2.35. The number of nitrogens with zero attached hydrogens (tertiary/aromatic N) is 1. The summed E-state index contributed by atoms with van der Waals surface area (Å²) in [5, 5.41) is 14.1. The third-order valence-electron chi connectivity index (χ3n) is 4.46. The van der Waals surface area contributed by atoms with Gasteiger partial charge in [-0.1, -0.05) is 18.5 Å². The first-order chi connectivity index (χ1) is 13.9. The van der Waals surface area contributed by atoms with Crippen LogP contribution in [0.1, 0.15) is 16.6 Å². The number of cyclic esters (lactones) is 1. The molecule has 154 valence electrons. The number of ether oxygens (including phenoxy) is 1. The smallest absolute Gasteiger partial charge is 0.414 e. The summed E-state index contributed by atoms with van der Waals surface area (Å²) in [6, 6.07) is 9.98. The van der Waals surface area contributed by atoms with Crippen molar-refractivity contribution >= 4 is 52.2 Å². The Labute approximate surface area is 176 Å². The lowest BCUT2D eigenvalue weighted by molar-refractivity contribution is -0.118. The normalized spacial score (nSPS) is 17.0. The Hall–Kier alpha value is -2.62. The van der Waals surface area contributed by atoms with Crippen molar-refractivity contribution in [3.8, 4) is 0 Å². The van der Waals surface area contributed by atoms with Crippen LogP contribution in [0.5, 0.6) is 0 Å². The van der Waals surface area contributed by atoms with E-state index >= 15 is 0 Å². The fourth-order valence-corrected chi connectivity index (χ4v) is 3.79. The molecular formula is C19H20ClN3O5S. The number of hydrogen-bond acceptors (Lipinski definition) is 6. The molecule has 2 atom stereocenters. The molecule has 8 nitrogen and oxygen atoms in total. The van der Waals surface area contributed by atoms with Crippen LogP contribution in [0.15, 0.2) is 36.4 Å². The van der Waals surface area contributed by atoms with Gasteiger partial charge in [-0.3, -0.25) is 14.5 Å². The third-order valence-corrected chi connectivity index (χ3v) is 5.69. The van der Waals surface area contributed by atoms with Crippen molar-refractivity contribution in [1.29, 1.82) is 0 Å². The third kappa shape index (κ3) is 5.26. The van der Waals surface area contributed by atoms with Crippen molar-refractivity contribution in [2.24, 2.45) is 5.92 Å². The van der Waals surface area contributed by atoms with E-state index in [1.165, 1.54) is 16.2 Å². The van der Waals surface area contributed by atoms with Gasteiger partial charge < -0.3 is 20.5 Å². The van der Waals surface area contributed by atoms with Gasteiger partial charge in [0.2, 0.25) is 5.91 Å². The van der Waals surface area contributed by atoms with Gasteiger partial charge in [-0.2, -0.15) is 0 Å². The quantitative estimate of drug-likeness (QED) is 0.617. The van der Waals surface area contributed by atoms with Crippen LogP contribution >= 0.6 is 22.9 Å². The Balaban J connectivity index is 1.55. The number of hydrogen-bond donors (Lipinski definition) is 3. The van der Waals surface area contributed by atoms with Crippen LogP contribution in [0.25, 0.3) is 0 Å². The van der Waals surface area contributed by atoms with Gasteiger partial charge in [-0.25, -0.2) is 4.79 Å². The van der Waals surface area contributed by atoms with Gasteiger partial charge in [0.05, 0.1) is 15.8 Å². The molecule has 3 rings (SSSR count). The molecule has 0 radical (unpaired) electrons.